The molecule has 0 fully saturated rings. The number of anilines is 2. The van der Waals surface area contributed by atoms with Crippen molar-refractivity contribution < 1.29 is 27.5 Å². The summed E-state index contributed by atoms with van der Waals surface area (Å²) in [7, 11) is -2.33. The van der Waals surface area contributed by atoms with E-state index in [1.165, 1.54) is 13.2 Å². The number of rotatable bonds is 9. The molecule has 0 spiro atoms. The number of benzene rings is 2. The number of nitrogens with one attached hydrogen (secondary N) is 1. The van der Waals surface area contributed by atoms with E-state index < -0.39 is 27.9 Å². The molecule has 0 aliphatic rings. The smallest absolute Gasteiger partial charge is 0.340 e. The van der Waals surface area contributed by atoms with E-state index in [-0.39, 0.29) is 24.3 Å². The Morgan fingerprint density at radius 1 is 1.10 bits per heavy atom. The Labute approximate surface area is 176 Å². The van der Waals surface area contributed by atoms with Crippen molar-refractivity contribution in [2.75, 3.05) is 29.6 Å². The van der Waals surface area contributed by atoms with Gasteiger partial charge in [0.2, 0.25) is 15.9 Å². The zero-order chi connectivity index (χ0) is 22.3. The van der Waals surface area contributed by atoms with Crippen LogP contribution in [0.5, 0.6) is 5.75 Å². The van der Waals surface area contributed by atoms with Gasteiger partial charge in [0.25, 0.3) is 0 Å². The second-order valence-electron chi connectivity index (χ2n) is 6.44. The maximum absolute atomic E-state index is 13.1. The van der Waals surface area contributed by atoms with Gasteiger partial charge in [-0.1, -0.05) is 25.1 Å². The van der Waals surface area contributed by atoms with Gasteiger partial charge in [-0.2, -0.15) is 0 Å². The second kappa shape index (κ2) is 10.1. The van der Waals surface area contributed by atoms with Gasteiger partial charge in [0.1, 0.15) is 11.8 Å². The number of hydrogen-bond acceptors (Lipinski definition) is 6. The van der Waals surface area contributed by atoms with Gasteiger partial charge in [-0.15, -0.1) is 0 Å². The lowest BCUT2D eigenvalue weighted by atomic mass is 10.1. The molecule has 2 aromatic rings. The van der Waals surface area contributed by atoms with Gasteiger partial charge in [-0.25, -0.2) is 13.2 Å². The van der Waals surface area contributed by atoms with E-state index in [2.05, 4.69) is 5.32 Å². The maximum atomic E-state index is 13.1. The number of ether oxygens (including phenoxy) is 2. The molecule has 162 valence electrons. The third-order valence-corrected chi connectivity index (χ3v) is 5.50. The third-order valence-electron chi connectivity index (χ3n) is 4.32. The van der Waals surface area contributed by atoms with Crippen molar-refractivity contribution in [3.63, 3.8) is 0 Å². The Bertz CT molecular complexity index is 1010. The summed E-state index contributed by atoms with van der Waals surface area (Å²) < 4.78 is 36.4. The fourth-order valence-corrected chi connectivity index (χ4v) is 4.21. The van der Waals surface area contributed by atoms with Gasteiger partial charge >= 0.3 is 5.97 Å². The molecule has 0 aliphatic carbocycles. The Morgan fingerprint density at radius 2 is 1.80 bits per heavy atom. The molecule has 1 atom stereocenters. The number of carbonyl (C=O) groups is 2. The van der Waals surface area contributed by atoms with Gasteiger partial charge in [0.15, 0.2) is 0 Å². The van der Waals surface area contributed by atoms with Crippen LogP contribution in [0.3, 0.4) is 0 Å². The van der Waals surface area contributed by atoms with Gasteiger partial charge < -0.3 is 14.8 Å². The molecule has 1 unspecified atom stereocenters. The quantitative estimate of drug-likeness (QED) is 0.609. The zero-order valence-electron chi connectivity index (χ0n) is 17.4. The molecular weight excluding hydrogens is 408 g/mol. The summed E-state index contributed by atoms with van der Waals surface area (Å²) in [6.07, 6.45) is 1.24. The molecule has 1 N–H and O–H groups in total. The summed E-state index contributed by atoms with van der Waals surface area (Å²) in [5.74, 6) is -0.680. The molecule has 8 nitrogen and oxygen atoms in total. The van der Waals surface area contributed by atoms with E-state index in [1.807, 2.05) is 0 Å². The van der Waals surface area contributed by atoms with Gasteiger partial charge in [-0.3, -0.25) is 9.10 Å². The van der Waals surface area contributed by atoms with Crippen LogP contribution in [-0.4, -0.2) is 46.3 Å². The highest BCUT2D eigenvalue weighted by molar-refractivity contribution is 7.92. The van der Waals surface area contributed by atoms with Crippen molar-refractivity contribution in [3.05, 3.63) is 54.1 Å². The van der Waals surface area contributed by atoms with Crippen molar-refractivity contribution in [2.45, 2.75) is 26.3 Å². The molecule has 0 heterocycles. The predicted molar refractivity (Wildman–Crippen MR) is 115 cm³/mol. The normalized spacial score (nSPS) is 12.0. The predicted octanol–water partition coefficient (Wildman–Crippen LogP) is 3.06. The second-order valence-corrected chi connectivity index (χ2v) is 8.30. The van der Waals surface area contributed by atoms with Crippen LogP contribution >= 0.6 is 0 Å². The molecule has 0 saturated heterocycles. The standard InChI is InChI=1S/C21H26N2O6S/c1-5-19(23(30(4,26)27)15-10-9-11-16(14-15)28-3)20(24)22-18-13-8-7-12-17(18)21(25)29-6-2/h7-14,19H,5-6H2,1-4H3,(H,22,24). The van der Waals surface area contributed by atoms with Crippen molar-refractivity contribution in [1.29, 1.82) is 0 Å². The molecule has 0 saturated carbocycles. The SMILES string of the molecule is CCOC(=O)c1ccccc1NC(=O)C(CC)N(c1cccc(OC)c1)S(C)(=O)=O. The minimum atomic E-state index is -3.80. The maximum Gasteiger partial charge on any atom is 0.340 e. The average Bonchev–Trinajstić information content (AvgIpc) is 2.71. The lowest BCUT2D eigenvalue weighted by molar-refractivity contribution is -0.117. The summed E-state index contributed by atoms with van der Waals surface area (Å²) in [5.41, 5.74) is 0.742. The molecule has 9 heteroatoms. The Morgan fingerprint density at radius 3 is 2.40 bits per heavy atom. The van der Waals surface area contributed by atoms with Crippen LogP contribution in [0.1, 0.15) is 30.6 Å². The Kier molecular flexibility index (Phi) is 7.82. The largest absolute Gasteiger partial charge is 0.497 e. The fourth-order valence-electron chi connectivity index (χ4n) is 3.00. The number of sulfonamides is 1. The van der Waals surface area contributed by atoms with E-state index in [0.29, 0.717) is 11.4 Å². The lowest BCUT2D eigenvalue weighted by Crippen LogP contribution is -2.47. The highest BCUT2D eigenvalue weighted by atomic mass is 32.2. The Balaban J connectivity index is 2.41. The molecule has 2 aromatic carbocycles. The molecule has 1 amide bonds. The van der Waals surface area contributed by atoms with Gasteiger partial charge in [0.05, 0.1) is 36.9 Å². The van der Waals surface area contributed by atoms with E-state index in [0.717, 1.165) is 10.6 Å². The molecule has 0 aliphatic heterocycles. The summed E-state index contributed by atoms with van der Waals surface area (Å²) in [6, 6.07) is 11.8. The number of hydrogen-bond donors (Lipinski definition) is 1. The van der Waals surface area contributed by atoms with E-state index in [9.17, 15) is 18.0 Å². The van der Waals surface area contributed by atoms with E-state index in [1.54, 1.807) is 56.3 Å². The first-order chi connectivity index (χ1) is 14.2. The minimum absolute atomic E-state index is 0.190. The molecule has 2 rings (SSSR count). The third kappa shape index (κ3) is 5.50. The van der Waals surface area contributed by atoms with Crippen molar-refractivity contribution >= 4 is 33.3 Å². The van der Waals surface area contributed by atoms with Crippen molar-refractivity contribution in [3.8, 4) is 5.75 Å². The number of esters is 1. The molecular formula is C21H26N2O6S. The first-order valence-electron chi connectivity index (χ1n) is 9.43. The van der Waals surface area contributed by atoms with Gasteiger partial charge in [0, 0.05) is 6.07 Å². The van der Waals surface area contributed by atoms with Crippen LogP contribution < -0.4 is 14.4 Å². The van der Waals surface area contributed by atoms with Crippen LogP contribution in [0.2, 0.25) is 0 Å². The van der Waals surface area contributed by atoms with Crippen LogP contribution in [-0.2, 0) is 19.6 Å². The number of carbonyl (C=O) groups excluding carboxylic acids is 2. The highest BCUT2D eigenvalue weighted by Crippen LogP contribution is 2.27. The first kappa shape index (κ1) is 23.2. The molecule has 0 aromatic heterocycles. The minimum Gasteiger partial charge on any atom is -0.497 e. The van der Waals surface area contributed by atoms with Crippen molar-refractivity contribution in [1.82, 2.24) is 0 Å². The number of para-hydroxylation sites is 1. The monoisotopic (exact) mass is 434 g/mol. The van der Waals surface area contributed by atoms with Gasteiger partial charge in [-0.05, 0) is 37.6 Å². The zero-order valence-corrected chi connectivity index (χ0v) is 18.2. The Hall–Kier alpha value is -3.07. The fraction of sp³-hybridized carbons (Fsp3) is 0.333. The van der Waals surface area contributed by atoms with Crippen LogP contribution in [0, 0.1) is 0 Å². The van der Waals surface area contributed by atoms with Crippen LogP contribution in [0.4, 0.5) is 11.4 Å². The van der Waals surface area contributed by atoms with Crippen LogP contribution in [0.25, 0.3) is 0 Å². The number of amides is 1. The summed E-state index contributed by atoms with van der Waals surface area (Å²) in [5, 5.41) is 2.67. The van der Waals surface area contributed by atoms with E-state index >= 15 is 0 Å². The summed E-state index contributed by atoms with van der Waals surface area (Å²) in [6.45, 7) is 3.58. The molecule has 30 heavy (non-hydrogen) atoms. The number of methoxy groups -OCH3 is 1. The number of nitrogens with zero attached hydrogens (tertiary/aromatic N) is 1. The molecule has 0 radical (unpaired) electrons. The highest BCUT2D eigenvalue weighted by Gasteiger charge is 2.32. The lowest BCUT2D eigenvalue weighted by Gasteiger charge is -2.30. The topological polar surface area (TPSA) is 102 Å². The molecule has 0 bridgehead atoms. The average molecular weight is 435 g/mol. The van der Waals surface area contributed by atoms with E-state index in [4.69, 9.17) is 9.47 Å². The summed E-state index contributed by atoms with van der Waals surface area (Å²) in [4.78, 5) is 25.3. The van der Waals surface area contributed by atoms with Crippen molar-refractivity contribution in [2.24, 2.45) is 0 Å². The summed E-state index contributed by atoms with van der Waals surface area (Å²) >= 11 is 0. The van der Waals surface area contributed by atoms with Crippen LogP contribution in [0.15, 0.2) is 48.5 Å². The first-order valence-corrected chi connectivity index (χ1v) is 11.3.